The summed E-state index contributed by atoms with van der Waals surface area (Å²) in [5.41, 5.74) is 3.58. The van der Waals surface area contributed by atoms with E-state index in [1.54, 1.807) is 25.3 Å². The Morgan fingerprint density at radius 2 is 1.91 bits per heavy atom. The van der Waals surface area contributed by atoms with Gasteiger partial charge in [-0.1, -0.05) is 6.07 Å². The highest BCUT2D eigenvalue weighted by Gasteiger charge is 2.06. The highest BCUT2D eigenvalue weighted by molar-refractivity contribution is 5.94. The number of methoxy groups -OCH3 is 1. The fraction of sp³-hybridized carbons (Fsp3) is 0.118. The molecule has 0 aliphatic heterocycles. The molecule has 0 aliphatic rings. The number of anilines is 2. The van der Waals surface area contributed by atoms with Crippen LogP contribution < -0.4 is 10.1 Å². The summed E-state index contributed by atoms with van der Waals surface area (Å²) in [6.45, 7) is 1.96. The van der Waals surface area contributed by atoms with Gasteiger partial charge in [-0.3, -0.25) is 4.98 Å². The highest BCUT2D eigenvalue weighted by Crippen LogP contribution is 2.30. The lowest BCUT2D eigenvalue weighted by Crippen LogP contribution is -1.95. The van der Waals surface area contributed by atoms with Gasteiger partial charge in [0.1, 0.15) is 11.5 Å². The van der Waals surface area contributed by atoms with Crippen molar-refractivity contribution in [3.8, 4) is 11.5 Å². The summed E-state index contributed by atoms with van der Waals surface area (Å²) >= 11 is 0. The Morgan fingerprint density at radius 1 is 1.09 bits per heavy atom. The van der Waals surface area contributed by atoms with Crippen LogP contribution in [0, 0.1) is 6.92 Å². The minimum absolute atomic E-state index is 0. The molecule has 0 unspecified atom stereocenters. The maximum Gasteiger partial charge on any atom is 0.119 e. The Kier molecular flexibility index (Phi) is 4.73. The fourth-order valence-electron chi connectivity index (χ4n) is 2.31. The molecule has 0 bridgehead atoms. The van der Waals surface area contributed by atoms with Gasteiger partial charge in [-0.2, -0.15) is 0 Å². The Morgan fingerprint density at radius 3 is 2.64 bits per heavy atom. The summed E-state index contributed by atoms with van der Waals surface area (Å²) in [6.07, 6.45) is 0. The molecule has 1 aromatic heterocycles. The topological polar surface area (TPSA) is 54.4 Å². The van der Waals surface area contributed by atoms with Crippen LogP contribution >= 0.6 is 12.4 Å². The third-order valence-corrected chi connectivity index (χ3v) is 3.27. The first-order valence-corrected chi connectivity index (χ1v) is 6.67. The maximum absolute atomic E-state index is 9.57. The number of rotatable bonds is 3. The zero-order valence-corrected chi connectivity index (χ0v) is 13.1. The van der Waals surface area contributed by atoms with E-state index in [1.165, 1.54) is 0 Å². The number of phenols is 1. The Balaban J connectivity index is 0.00000176. The van der Waals surface area contributed by atoms with Crippen molar-refractivity contribution < 1.29 is 9.84 Å². The monoisotopic (exact) mass is 316 g/mol. The Labute approximate surface area is 135 Å². The molecule has 114 valence electrons. The van der Waals surface area contributed by atoms with E-state index in [2.05, 4.69) is 10.3 Å². The van der Waals surface area contributed by atoms with Crippen LogP contribution in [0.5, 0.6) is 11.5 Å². The van der Waals surface area contributed by atoms with E-state index in [9.17, 15) is 5.11 Å². The minimum Gasteiger partial charge on any atom is -0.508 e. The average Bonchev–Trinajstić information content (AvgIpc) is 2.47. The molecule has 0 amide bonds. The van der Waals surface area contributed by atoms with E-state index in [1.807, 2.05) is 37.3 Å². The number of fused-ring (bicyclic) bond motifs is 1. The van der Waals surface area contributed by atoms with Gasteiger partial charge in [0.15, 0.2) is 0 Å². The van der Waals surface area contributed by atoms with Crippen molar-refractivity contribution in [3.05, 3.63) is 54.2 Å². The normalized spacial score (nSPS) is 10.1. The van der Waals surface area contributed by atoms with E-state index < -0.39 is 0 Å². The number of halogens is 1. The summed E-state index contributed by atoms with van der Waals surface area (Å²) in [6, 6.07) is 14.8. The van der Waals surface area contributed by atoms with Gasteiger partial charge < -0.3 is 15.2 Å². The van der Waals surface area contributed by atoms with Crippen LogP contribution in [0.4, 0.5) is 11.4 Å². The SMILES string of the molecule is COc1ccc2nc(C)cc(Nc3cccc(O)c3)c2c1.Cl. The summed E-state index contributed by atoms with van der Waals surface area (Å²) in [5.74, 6) is 1.01. The fourth-order valence-corrected chi connectivity index (χ4v) is 2.31. The van der Waals surface area contributed by atoms with Crippen molar-refractivity contribution in [1.29, 1.82) is 0 Å². The average molecular weight is 317 g/mol. The largest absolute Gasteiger partial charge is 0.508 e. The van der Waals surface area contributed by atoms with Crippen LogP contribution in [0.15, 0.2) is 48.5 Å². The predicted molar refractivity (Wildman–Crippen MR) is 91.7 cm³/mol. The van der Waals surface area contributed by atoms with Gasteiger partial charge in [0, 0.05) is 28.5 Å². The Hall–Kier alpha value is -2.46. The molecule has 0 saturated heterocycles. The molecule has 0 saturated carbocycles. The number of hydrogen-bond acceptors (Lipinski definition) is 4. The molecule has 0 atom stereocenters. The van der Waals surface area contributed by atoms with Crippen LogP contribution in [-0.4, -0.2) is 17.2 Å². The number of hydrogen-bond donors (Lipinski definition) is 2. The van der Waals surface area contributed by atoms with Crippen LogP contribution in [0.25, 0.3) is 10.9 Å². The molecule has 3 rings (SSSR count). The van der Waals surface area contributed by atoms with Gasteiger partial charge in [-0.25, -0.2) is 0 Å². The standard InChI is InChI=1S/C17H16N2O2.ClH/c1-11-8-17(19-12-4-3-5-13(20)9-12)15-10-14(21-2)6-7-16(15)18-11;/h3-10,20H,1-2H3,(H,18,19);1H. The van der Waals surface area contributed by atoms with E-state index in [0.717, 1.165) is 33.7 Å². The lowest BCUT2D eigenvalue weighted by Gasteiger charge is -2.12. The number of pyridine rings is 1. The quantitative estimate of drug-likeness (QED) is 0.751. The van der Waals surface area contributed by atoms with Crippen molar-refractivity contribution in [2.75, 3.05) is 12.4 Å². The zero-order valence-electron chi connectivity index (χ0n) is 12.3. The van der Waals surface area contributed by atoms with E-state index in [0.29, 0.717) is 0 Å². The van der Waals surface area contributed by atoms with E-state index >= 15 is 0 Å². The smallest absolute Gasteiger partial charge is 0.119 e. The van der Waals surface area contributed by atoms with Crippen LogP contribution in [0.2, 0.25) is 0 Å². The first-order valence-electron chi connectivity index (χ1n) is 6.67. The zero-order chi connectivity index (χ0) is 14.8. The maximum atomic E-state index is 9.57. The molecular formula is C17H17ClN2O2. The summed E-state index contributed by atoms with van der Waals surface area (Å²) < 4.78 is 5.28. The van der Waals surface area contributed by atoms with Gasteiger partial charge >= 0.3 is 0 Å². The third-order valence-electron chi connectivity index (χ3n) is 3.27. The van der Waals surface area contributed by atoms with Gasteiger partial charge in [0.25, 0.3) is 0 Å². The van der Waals surface area contributed by atoms with Crippen LogP contribution in [-0.2, 0) is 0 Å². The lowest BCUT2D eigenvalue weighted by atomic mass is 10.1. The second-order valence-corrected chi connectivity index (χ2v) is 4.87. The van der Waals surface area contributed by atoms with Gasteiger partial charge in [-0.15, -0.1) is 12.4 Å². The molecule has 0 fully saturated rings. The second-order valence-electron chi connectivity index (χ2n) is 4.87. The Bertz CT molecular complexity index is 806. The van der Waals surface area contributed by atoms with Gasteiger partial charge in [0.2, 0.25) is 0 Å². The van der Waals surface area contributed by atoms with Gasteiger partial charge in [-0.05, 0) is 43.3 Å². The van der Waals surface area contributed by atoms with Gasteiger partial charge in [0.05, 0.1) is 12.6 Å². The molecule has 0 aliphatic carbocycles. The number of phenolic OH excluding ortho intramolecular Hbond substituents is 1. The minimum atomic E-state index is 0. The lowest BCUT2D eigenvalue weighted by molar-refractivity contribution is 0.415. The summed E-state index contributed by atoms with van der Waals surface area (Å²) in [5, 5.41) is 13.9. The number of aromatic hydroxyl groups is 1. The number of aromatic nitrogens is 1. The molecule has 0 radical (unpaired) electrons. The second kappa shape index (κ2) is 6.54. The van der Waals surface area contributed by atoms with Crippen molar-refractivity contribution >= 4 is 34.7 Å². The molecule has 1 heterocycles. The summed E-state index contributed by atoms with van der Waals surface area (Å²) in [4.78, 5) is 4.53. The van der Waals surface area contributed by atoms with E-state index in [-0.39, 0.29) is 18.2 Å². The molecular weight excluding hydrogens is 300 g/mol. The van der Waals surface area contributed by atoms with Crippen LogP contribution in [0.1, 0.15) is 5.69 Å². The predicted octanol–water partition coefficient (Wildman–Crippen LogP) is 4.42. The molecule has 2 aromatic carbocycles. The number of aryl methyl sites for hydroxylation is 1. The molecule has 4 nitrogen and oxygen atoms in total. The van der Waals surface area contributed by atoms with Crippen LogP contribution in [0.3, 0.4) is 0 Å². The number of nitrogens with zero attached hydrogens (tertiary/aromatic N) is 1. The molecule has 3 aromatic rings. The van der Waals surface area contributed by atoms with Crippen molar-refractivity contribution in [2.24, 2.45) is 0 Å². The molecule has 2 N–H and O–H groups in total. The highest BCUT2D eigenvalue weighted by atomic mass is 35.5. The first kappa shape index (κ1) is 15.9. The summed E-state index contributed by atoms with van der Waals surface area (Å²) in [7, 11) is 1.64. The third kappa shape index (κ3) is 3.23. The number of ether oxygens (including phenoxy) is 1. The van der Waals surface area contributed by atoms with Crippen molar-refractivity contribution in [3.63, 3.8) is 0 Å². The molecule has 5 heteroatoms. The number of nitrogens with one attached hydrogen (secondary N) is 1. The van der Waals surface area contributed by atoms with Crippen molar-refractivity contribution in [2.45, 2.75) is 6.92 Å². The molecule has 0 spiro atoms. The first-order chi connectivity index (χ1) is 10.2. The molecule has 22 heavy (non-hydrogen) atoms. The van der Waals surface area contributed by atoms with E-state index in [4.69, 9.17) is 4.74 Å². The number of benzene rings is 2. The van der Waals surface area contributed by atoms with Crippen molar-refractivity contribution in [1.82, 2.24) is 4.98 Å².